The normalized spacial score (nSPS) is 28.5. The van der Waals surface area contributed by atoms with E-state index in [4.69, 9.17) is 0 Å². The van der Waals surface area contributed by atoms with Crippen molar-refractivity contribution in [1.29, 1.82) is 0 Å². The Bertz CT molecular complexity index is 1040. The summed E-state index contributed by atoms with van der Waals surface area (Å²) in [5, 5.41) is 19.0. The fraction of sp³-hybridized carbons (Fsp3) is 0.417. The molecular weight excluding hydrogens is 388 g/mol. The first-order valence-electron chi connectivity index (χ1n) is 11.2. The van der Waals surface area contributed by atoms with Gasteiger partial charge in [-0.25, -0.2) is 4.68 Å². The van der Waals surface area contributed by atoms with Gasteiger partial charge in [-0.05, 0) is 98.7 Å². The third kappa shape index (κ3) is 3.48. The molecule has 4 saturated carbocycles. The largest absolute Gasteiger partial charge is 0.339 e. The standard InChI is InChI=1S/C24H26N6O/c31-23(24-13-16-10-17(14-24)12-18(11-16)15-24)27-20-4-2-19(3-5-20)26-21-6-7-22(29-28-21)30-9-1-8-25-30/h1-9,16-18H,10-15H2,(H,26,28)(H,27,31). The molecule has 0 unspecified atom stereocenters. The first kappa shape index (κ1) is 18.5. The van der Waals surface area contributed by atoms with Crippen LogP contribution in [0, 0.1) is 23.2 Å². The van der Waals surface area contributed by atoms with Crippen LogP contribution in [0.15, 0.2) is 54.9 Å². The Kier molecular flexibility index (Phi) is 4.30. The molecule has 0 spiro atoms. The third-order valence-corrected chi connectivity index (χ3v) is 7.32. The van der Waals surface area contributed by atoms with E-state index in [0.717, 1.165) is 48.4 Å². The molecule has 1 amide bonds. The van der Waals surface area contributed by atoms with E-state index >= 15 is 0 Å². The van der Waals surface area contributed by atoms with E-state index in [0.29, 0.717) is 11.6 Å². The van der Waals surface area contributed by atoms with Gasteiger partial charge >= 0.3 is 0 Å². The number of hydrogen-bond acceptors (Lipinski definition) is 5. The Hall–Kier alpha value is -3.22. The lowest BCUT2D eigenvalue weighted by Gasteiger charge is -2.55. The number of nitrogens with one attached hydrogen (secondary N) is 2. The molecule has 2 aromatic heterocycles. The molecule has 4 aliphatic carbocycles. The highest BCUT2D eigenvalue weighted by molar-refractivity contribution is 5.95. The van der Waals surface area contributed by atoms with Crippen molar-refractivity contribution in [3.05, 3.63) is 54.9 Å². The lowest BCUT2D eigenvalue weighted by Crippen LogP contribution is -2.51. The SMILES string of the molecule is O=C(Nc1ccc(Nc2ccc(-n3cccn3)nn2)cc1)C12CC3CC(CC(C3)C1)C2. The highest BCUT2D eigenvalue weighted by atomic mass is 16.2. The van der Waals surface area contributed by atoms with E-state index in [2.05, 4.69) is 25.9 Å². The number of rotatable bonds is 5. The van der Waals surface area contributed by atoms with Crippen molar-refractivity contribution in [3.63, 3.8) is 0 Å². The minimum absolute atomic E-state index is 0.127. The number of nitrogens with zero attached hydrogens (tertiary/aromatic N) is 4. The lowest BCUT2D eigenvalue weighted by molar-refractivity contribution is -0.140. The van der Waals surface area contributed by atoms with Crippen LogP contribution < -0.4 is 10.6 Å². The molecule has 7 nitrogen and oxygen atoms in total. The predicted octanol–water partition coefficient (Wildman–Crippen LogP) is 4.56. The number of hydrogen-bond donors (Lipinski definition) is 2. The van der Waals surface area contributed by atoms with Crippen molar-refractivity contribution in [2.75, 3.05) is 10.6 Å². The van der Waals surface area contributed by atoms with Gasteiger partial charge in [0.15, 0.2) is 11.6 Å². The van der Waals surface area contributed by atoms with Gasteiger partial charge in [0.2, 0.25) is 5.91 Å². The summed E-state index contributed by atoms with van der Waals surface area (Å²) in [4.78, 5) is 13.2. The van der Waals surface area contributed by atoms with Crippen LogP contribution in [0.4, 0.5) is 17.2 Å². The third-order valence-electron chi connectivity index (χ3n) is 7.32. The fourth-order valence-electron chi connectivity index (χ4n) is 6.36. The first-order valence-corrected chi connectivity index (χ1v) is 11.2. The fourth-order valence-corrected chi connectivity index (χ4v) is 6.36. The second-order valence-electron chi connectivity index (χ2n) is 9.58. The summed E-state index contributed by atoms with van der Waals surface area (Å²) in [6, 6.07) is 13.4. The molecule has 2 N–H and O–H groups in total. The summed E-state index contributed by atoms with van der Waals surface area (Å²) in [7, 11) is 0. The van der Waals surface area contributed by atoms with Crippen LogP contribution in [-0.2, 0) is 4.79 Å². The maximum Gasteiger partial charge on any atom is 0.230 e. The molecule has 0 atom stereocenters. The average molecular weight is 415 g/mol. The summed E-state index contributed by atoms with van der Waals surface area (Å²) in [6.07, 6.45) is 10.8. The van der Waals surface area contributed by atoms with Gasteiger partial charge in [-0.3, -0.25) is 4.79 Å². The van der Waals surface area contributed by atoms with Gasteiger partial charge in [-0.2, -0.15) is 5.10 Å². The molecule has 4 bridgehead atoms. The molecule has 3 aromatic rings. The van der Waals surface area contributed by atoms with Crippen molar-refractivity contribution < 1.29 is 4.79 Å². The van der Waals surface area contributed by atoms with Crippen molar-refractivity contribution >= 4 is 23.1 Å². The Morgan fingerprint density at radius 2 is 1.58 bits per heavy atom. The summed E-state index contributed by atoms with van der Waals surface area (Å²) in [6.45, 7) is 0. The van der Waals surface area contributed by atoms with E-state index in [9.17, 15) is 4.79 Å². The van der Waals surface area contributed by atoms with Crippen LogP contribution in [0.1, 0.15) is 38.5 Å². The molecule has 1 aromatic carbocycles. The zero-order valence-corrected chi connectivity index (χ0v) is 17.4. The molecule has 4 aliphatic rings. The monoisotopic (exact) mass is 414 g/mol. The van der Waals surface area contributed by atoms with Crippen molar-refractivity contribution in [3.8, 4) is 5.82 Å². The Labute approximate surface area is 181 Å². The number of aromatic nitrogens is 4. The van der Waals surface area contributed by atoms with Crippen LogP contribution in [0.2, 0.25) is 0 Å². The quantitative estimate of drug-likeness (QED) is 0.639. The van der Waals surface area contributed by atoms with Gasteiger partial charge in [0.1, 0.15) is 0 Å². The van der Waals surface area contributed by atoms with Crippen LogP contribution in [0.25, 0.3) is 5.82 Å². The summed E-state index contributed by atoms with van der Waals surface area (Å²) < 4.78 is 1.66. The Balaban J connectivity index is 1.11. The van der Waals surface area contributed by atoms with E-state index in [1.807, 2.05) is 48.7 Å². The van der Waals surface area contributed by atoms with Crippen molar-refractivity contribution in [1.82, 2.24) is 20.0 Å². The van der Waals surface area contributed by atoms with E-state index in [-0.39, 0.29) is 11.3 Å². The predicted molar refractivity (Wildman–Crippen MR) is 118 cm³/mol. The summed E-state index contributed by atoms with van der Waals surface area (Å²) >= 11 is 0. The average Bonchev–Trinajstić information content (AvgIpc) is 3.30. The Morgan fingerprint density at radius 3 is 2.16 bits per heavy atom. The highest BCUT2D eigenvalue weighted by Crippen LogP contribution is 2.60. The van der Waals surface area contributed by atoms with Gasteiger partial charge in [0.25, 0.3) is 0 Å². The molecule has 158 valence electrons. The zero-order chi connectivity index (χ0) is 20.8. The summed E-state index contributed by atoms with van der Waals surface area (Å²) in [5.74, 6) is 3.85. The van der Waals surface area contributed by atoms with Crippen LogP contribution in [0.3, 0.4) is 0 Å². The number of carbonyl (C=O) groups is 1. The molecule has 0 aliphatic heterocycles. The van der Waals surface area contributed by atoms with Gasteiger partial charge in [-0.1, -0.05) is 0 Å². The van der Waals surface area contributed by atoms with Gasteiger partial charge in [-0.15, -0.1) is 10.2 Å². The maximum atomic E-state index is 13.2. The molecule has 2 heterocycles. The molecule has 7 heteroatoms. The smallest absolute Gasteiger partial charge is 0.230 e. The molecule has 7 rings (SSSR count). The van der Waals surface area contributed by atoms with E-state index < -0.39 is 0 Å². The van der Waals surface area contributed by atoms with Crippen molar-refractivity contribution in [2.24, 2.45) is 23.2 Å². The second-order valence-corrected chi connectivity index (χ2v) is 9.58. The molecule has 4 fully saturated rings. The molecule has 0 saturated heterocycles. The Morgan fingerprint density at radius 1 is 0.903 bits per heavy atom. The minimum atomic E-state index is -0.127. The van der Waals surface area contributed by atoms with Crippen molar-refractivity contribution in [2.45, 2.75) is 38.5 Å². The van der Waals surface area contributed by atoms with E-state index in [1.54, 1.807) is 10.9 Å². The van der Waals surface area contributed by atoms with E-state index in [1.165, 1.54) is 19.3 Å². The minimum Gasteiger partial charge on any atom is -0.339 e. The lowest BCUT2D eigenvalue weighted by atomic mass is 9.49. The maximum absolute atomic E-state index is 13.2. The van der Waals surface area contributed by atoms with Gasteiger partial charge in [0.05, 0.1) is 5.41 Å². The highest BCUT2D eigenvalue weighted by Gasteiger charge is 2.54. The molecular formula is C24H26N6O. The number of benzene rings is 1. The second kappa shape index (κ2) is 7.18. The van der Waals surface area contributed by atoms with Gasteiger partial charge < -0.3 is 10.6 Å². The molecule has 0 radical (unpaired) electrons. The van der Waals surface area contributed by atoms with Gasteiger partial charge in [0, 0.05) is 23.8 Å². The molecule has 31 heavy (non-hydrogen) atoms. The number of amides is 1. The summed E-state index contributed by atoms with van der Waals surface area (Å²) in [5.41, 5.74) is 1.62. The van der Waals surface area contributed by atoms with Crippen LogP contribution >= 0.6 is 0 Å². The topological polar surface area (TPSA) is 84.7 Å². The number of anilines is 3. The van der Waals surface area contributed by atoms with Crippen LogP contribution in [0.5, 0.6) is 0 Å². The first-order chi connectivity index (χ1) is 15.1. The number of carbonyl (C=O) groups excluding carboxylic acids is 1. The zero-order valence-electron chi connectivity index (χ0n) is 17.4. The van der Waals surface area contributed by atoms with Crippen LogP contribution in [-0.4, -0.2) is 25.9 Å².